The second-order valence-corrected chi connectivity index (χ2v) is 9.97. The molecule has 2 aromatic rings. The molecular weight excluding hydrogens is 542 g/mol. The zero-order valence-electron chi connectivity index (χ0n) is 21.6. The van der Waals surface area contributed by atoms with Gasteiger partial charge in [-0.25, -0.2) is 9.97 Å². The maximum Gasteiger partial charge on any atom is 0.222 e. The Morgan fingerprint density at radius 2 is 2.00 bits per heavy atom. The fourth-order valence-electron chi connectivity index (χ4n) is 3.43. The molecule has 9 nitrogen and oxygen atoms in total. The van der Waals surface area contributed by atoms with Crippen molar-refractivity contribution < 1.29 is 9.63 Å². The molecule has 3 rings (SSSR count). The number of aromatic nitrogens is 2. The molecule has 2 aromatic heterocycles. The summed E-state index contributed by atoms with van der Waals surface area (Å²) >= 11 is 5.12. The van der Waals surface area contributed by atoms with Crippen LogP contribution in [0.25, 0.3) is 10.2 Å². The number of rotatable bonds is 11. The lowest BCUT2D eigenvalue weighted by Gasteiger charge is -2.35. The van der Waals surface area contributed by atoms with Crippen LogP contribution < -0.4 is 4.90 Å². The van der Waals surface area contributed by atoms with Crippen molar-refractivity contribution in [1.82, 2.24) is 20.0 Å². The Morgan fingerprint density at radius 1 is 1.25 bits per heavy atom. The molecule has 0 unspecified atom stereocenters. The van der Waals surface area contributed by atoms with Crippen LogP contribution in [0.2, 0.25) is 0 Å². The van der Waals surface area contributed by atoms with Crippen LogP contribution in [0.4, 0.5) is 5.82 Å². The van der Waals surface area contributed by atoms with E-state index in [2.05, 4.69) is 53.8 Å². The number of hydroxylamine groups is 1. The quantitative estimate of drug-likeness (QED) is 0.104. The molecule has 3 heterocycles. The van der Waals surface area contributed by atoms with Gasteiger partial charge in [-0.3, -0.25) is 9.63 Å². The number of fused-ring (bicyclic) bond motifs is 1. The van der Waals surface area contributed by atoms with Crippen molar-refractivity contribution in [3.8, 4) is 0 Å². The van der Waals surface area contributed by atoms with E-state index < -0.39 is 0 Å². The van der Waals surface area contributed by atoms with Gasteiger partial charge in [0.25, 0.3) is 0 Å². The Morgan fingerprint density at radius 3 is 2.69 bits per heavy atom. The normalized spacial score (nSPS) is 14.1. The summed E-state index contributed by atoms with van der Waals surface area (Å²) in [4.78, 5) is 32.3. The molecule has 1 fully saturated rings. The maximum absolute atomic E-state index is 12.7. The second-order valence-electron chi connectivity index (χ2n) is 7.56. The van der Waals surface area contributed by atoms with Crippen LogP contribution in [0.3, 0.4) is 0 Å². The molecule has 11 heteroatoms. The van der Waals surface area contributed by atoms with E-state index >= 15 is 0 Å². The number of hydrogen-bond donors (Lipinski definition) is 0. The van der Waals surface area contributed by atoms with E-state index in [-0.39, 0.29) is 5.91 Å². The van der Waals surface area contributed by atoms with Gasteiger partial charge in [0.2, 0.25) is 5.91 Å². The summed E-state index contributed by atoms with van der Waals surface area (Å²) < 4.78 is 1.04. The average Bonchev–Trinajstić information content (AvgIpc) is 3.29. The summed E-state index contributed by atoms with van der Waals surface area (Å²) in [5.74, 6) is 1.07. The zero-order valence-corrected chi connectivity index (χ0v) is 24.0. The van der Waals surface area contributed by atoms with Crippen LogP contribution in [-0.2, 0) is 9.63 Å². The van der Waals surface area contributed by atoms with Crippen molar-refractivity contribution in [3.05, 3.63) is 52.8 Å². The smallest absolute Gasteiger partial charge is 0.222 e. The van der Waals surface area contributed by atoms with E-state index in [1.165, 1.54) is 5.17 Å². The van der Waals surface area contributed by atoms with Gasteiger partial charge in [0.05, 0.1) is 28.0 Å². The Kier molecular flexibility index (Phi) is 13.3. The Balaban J connectivity index is 0.00000222. The Bertz CT molecular complexity index is 1060. The summed E-state index contributed by atoms with van der Waals surface area (Å²) in [6.07, 6.45) is 10.1. The number of halogens is 1. The zero-order chi connectivity index (χ0) is 26.3. The highest BCUT2D eigenvalue weighted by molar-refractivity contribution is 9.11. The molecule has 1 amide bonds. The van der Waals surface area contributed by atoms with E-state index in [9.17, 15) is 4.79 Å². The second kappa shape index (κ2) is 16.2. The minimum absolute atomic E-state index is 0.137. The third-order valence-corrected chi connectivity index (χ3v) is 6.66. The van der Waals surface area contributed by atoms with Crippen molar-refractivity contribution in [3.63, 3.8) is 0 Å². The highest BCUT2D eigenvalue weighted by atomic mass is 79.9. The van der Waals surface area contributed by atoms with E-state index in [0.717, 1.165) is 32.9 Å². The van der Waals surface area contributed by atoms with Crippen LogP contribution in [0, 0.1) is 0 Å². The lowest BCUT2D eigenvalue weighted by Crippen LogP contribution is -2.49. The molecule has 0 aromatic carbocycles. The summed E-state index contributed by atoms with van der Waals surface area (Å²) in [5.41, 5.74) is 0.542. The van der Waals surface area contributed by atoms with Crippen LogP contribution in [-0.4, -0.2) is 65.3 Å². The molecule has 36 heavy (non-hydrogen) atoms. The summed E-state index contributed by atoms with van der Waals surface area (Å²) in [6.45, 7) is 15.3. The van der Waals surface area contributed by atoms with Gasteiger partial charge >= 0.3 is 0 Å². The van der Waals surface area contributed by atoms with Crippen LogP contribution in [0.5, 0.6) is 0 Å². The fraction of sp³-hybridized carbons (Fsp3) is 0.480. The van der Waals surface area contributed by atoms with Gasteiger partial charge < -0.3 is 9.80 Å². The predicted octanol–water partition coefficient (Wildman–Crippen LogP) is 6.18. The molecule has 0 N–H and O–H groups in total. The van der Waals surface area contributed by atoms with Crippen LogP contribution >= 0.6 is 27.3 Å². The SMILES string of the molecule is C=C(/C=C\C)N=NN(C/C=C\C)OCCCC(=O)N1CCN(c2ncnc3sc(Br)cc23)CC1.CC. The van der Waals surface area contributed by atoms with Gasteiger partial charge in [-0.15, -0.1) is 21.6 Å². The largest absolute Gasteiger partial charge is 0.352 e. The topological polar surface area (TPSA) is 86.5 Å². The first-order valence-electron chi connectivity index (χ1n) is 12.2. The number of carbonyl (C=O) groups excluding carboxylic acids is 1. The van der Waals surface area contributed by atoms with Gasteiger partial charge in [0.1, 0.15) is 17.0 Å². The number of piperazine rings is 1. The predicted molar refractivity (Wildman–Crippen MR) is 151 cm³/mol. The minimum Gasteiger partial charge on any atom is -0.352 e. The third-order valence-electron chi connectivity index (χ3n) is 5.11. The fourth-order valence-corrected chi connectivity index (χ4v) is 4.84. The molecule has 0 bridgehead atoms. The maximum atomic E-state index is 12.7. The molecule has 0 atom stereocenters. The first kappa shape index (κ1) is 29.6. The van der Waals surface area contributed by atoms with E-state index in [0.29, 0.717) is 44.8 Å². The lowest BCUT2D eigenvalue weighted by atomic mass is 10.2. The molecule has 0 spiro atoms. The van der Waals surface area contributed by atoms with E-state index in [4.69, 9.17) is 4.84 Å². The molecule has 0 saturated carbocycles. The summed E-state index contributed by atoms with van der Waals surface area (Å²) in [6, 6.07) is 2.06. The number of thiophene rings is 1. The highest BCUT2D eigenvalue weighted by Crippen LogP contribution is 2.33. The molecule has 0 radical (unpaired) electrons. The summed E-state index contributed by atoms with van der Waals surface area (Å²) in [7, 11) is 0. The first-order chi connectivity index (χ1) is 17.5. The minimum atomic E-state index is 0.137. The van der Waals surface area contributed by atoms with Crippen molar-refractivity contribution in [2.75, 3.05) is 44.2 Å². The molecule has 1 aliphatic heterocycles. The summed E-state index contributed by atoms with van der Waals surface area (Å²) in [5, 5.41) is 10.5. The standard InChI is InChI=1S/C23H30BrN7O2S.C2H6/c1-4-6-10-31(28-27-18(3)8-5-2)33-15-7-9-21(32)29-11-13-30(14-12-29)22-19-16-20(24)34-23(19)26-17-25-22;1-2/h4-6,8,16-17H,3,7,9-15H2,1-2H3;1-2H3/b6-4-,8-5-,28-27?;. The number of amides is 1. The lowest BCUT2D eigenvalue weighted by molar-refractivity contribution is -0.159. The number of anilines is 1. The Labute approximate surface area is 226 Å². The van der Waals surface area contributed by atoms with Crippen molar-refractivity contribution >= 4 is 49.2 Å². The van der Waals surface area contributed by atoms with Crippen LogP contribution in [0.1, 0.15) is 40.5 Å². The van der Waals surface area contributed by atoms with Crippen molar-refractivity contribution in [2.24, 2.45) is 10.3 Å². The average molecular weight is 579 g/mol. The number of hydrogen-bond acceptors (Lipinski definition) is 8. The highest BCUT2D eigenvalue weighted by Gasteiger charge is 2.23. The van der Waals surface area contributed by atoms with Gasteiger partial charge in [0.15, 0.2) is 0 Å². The van der Waals surface area contributed by atoms with Gasteiger partial charge in [0, 0.05) is 32.6 Å². The number of carbonyl (C=O) groups is 1. The first-order valence-corrected chi connectivity index (χ1v) is 13.8. The molecule has 1 saturated heterocycles. The molecule has 196 valence electrons. The number of allylic oxidation sites excluding steroid dienone is 3. The molecular formula is C25H36BrN7O2S. The van der Waals surface area contributed by atoms with Crippen molar-refractivity contribution in [1.29, 1.82) is 0 Å². The van der Waals surface area contributed by atoms with Gasteiger partial charge in [-0.05, 0) is 53.6 Å². The van der Waals surface area contributed by atoms with Crippen molar-refractivity contribution in [2.45, 2.75) is 40.5 Å². The van der Waals surface area contributed by atoms with Gasteiger partial charge in [-0.1, -0.05) is 38.7 Å². The third kappa shape index (κ3) is 9.11. The number of nitrogens with zero attached hydrogens (tertiary/aromatic N) is 7. The molecule has 1 aliphatic rings. The van der Waals surface area contributed by atoms with E-state index in [1.807, 2.05) is 50.8 Å². The molecule has 0 aliphatic carbocycles. The van der Waals surface area contributed by atoms with Gasteiger partial charge in [-0.2, -0.15) is 0 Å². The van der Waals surface area contributed by atoms with E-state index in [1.54, 1.807) is 23.7 Å². The van der Waals surface area contributed by atoms with Crippen LogP contribution in [0.15, 0.2) is 63.1 Å². The Hall–Kier alpha value is -2.63. The monoisotopic (exact) mass is 577 g/mol.